The normalized spacial score (nSPS) is 10.4. The summed E-state index contributed by atoms with van der Waals surface area (Å²) in [5.74, 6) is 0.624. The van der Waals surface area contributed by atoms with Gasteiger partial charge in [-0.15, -0.1) is 0 Å². The zero-order valence-corrected chi connectivity index (χ0v) is 10.2. The first kappa shape index (κ1) is 11.2. The molecule has 2 rings (SSSR count). The summed E-state index contributed by atoms with van der Waals surface area (Å²) in [6, 6.07) is 5.64. The van der Waals surface area contributed by atoms with Gasteiger partial charge in [-0.05, 0) is 40.7 Å². The molecule has 0 radical (unpaired) electrons. The lowest BCUT2D eigenvalue weighted by Crippen LogP contribution is -2.05. The Labute approximate surface area is 102 Å². The van der Waals surface area contributed by atoms with Gasteiger partial charge in [-0.3, -0.25) is 4.98 Å². The highest BCUT2D eigenvalue weighted by Crippen LogP contribution is 2.22. The van der Waals surface area contributed by atoms with Gasteiger partial charge in [0, 0.05) is 29.0 Å². The minimum Gasteiger partial charge on any atom is -0.330 e. The van der Waals surface area contributed by atoms with Crippen molar-refractivity contribution in [2.75, 3.05) is 6.54 Å². The maximum Gasteiger partial charge on any atom is 0.179 e. The second-order valence-corrected chi connectivity index (χ2v) is 4.10. The fraction of sp³-hybridized carbons (Fsp3) is 0.182. The van der Waals surface area contributed by atoms with Gasteiger partial charge in [-0.1, -0.05) is 0 Å². The zero-order valence-electron chi connectivity index (χ0n) is 8.60. The van der Waals surface area contributed by atoms with E-state index in [0.29, 0.717) is 12.4 Å². The molecular formula is C11H11BrN4. The second-order valence-electron chi connectivity index (χ2n) is 3.24. The summed E-state index contributed by atoms with van der Waals surface area (Å²) in [5, 5.41) is 0. The summed E-state index contributed by atoms with van der Waals surface area (Å²) in [6.45, 7) is 0.583. The Kier molecular flexibility index (Phi) is 3.58. The molecule has 0 amide bonds. The van der Waals surface area contributed by atoms with Gasteiger partial charge in [0.25, 0.3) is 0 Å². The number of halogens is 1. The molecule has 0 aliphatic rings. The number of nitrogens with two attached hydrogens (primary N) is 1. The molecule has 5 heteroatoms. The van der Waals surface area contributed by atoms with Gasteiger partial charge in [-0.2, -0.15) is 0 Å². The number of hydrogen-bond donors (Lipinski definition) is 1. The fourth-order valence-corrected chi connectivity index (χ4v) is 1.78. The first-order chi connectivity index (χ1) is 7.81. The smallest absolute Gasteiger partial charge is 0.179 e. The van der Waals surface area contributed by atoms with Crippen LogP contribution in [0, 0.1) is 0 Å². The van der Waals surface area contributed by atoms with Gasteiger partial charge in [0.2, 0.25) is 0 Å². The summed E-state index contributed by atoms with van der Waals surface area (Å²) in [6.07, 6.45) is 4.20. The predicted octanol–water partition coefficient (Wildman–Crippen LogP) is 1.80. The molecule has 16 heavy (non-hydrogen) atoms. The quantitative estimate of drug-likeness (QED) is 0.930. The Balaban J connectivity index is 2.40. The molecule has 2 heterocycles. The third-order valence-corrected chi connectivity index (χ3v) is 2.72. The van der Waals surface area contributed by atoms with E-state index in [1.54, 1.807) is 12.4 Å². The van der Waals surface area contributed by atoms with Gasteiger partial charge < -0.3 is 5.73 Å². The summed E-state index contributed by atoms with van der Waals surface area (Å²) < 4.78 is 0.889. The monoisotopic (exact) mass is 278 g/mol. The summed E-state index contributed by atoms with van der Waals surface area (Å²) in [4.78, 5) is 12.9. The van der Waals surface area contributed by atoms with E-state index in [9.17, 15) is 0 Å². The number of rotatable bonds is 3. The Hall–Kier alpha value is -1.33. The third-order valence-electron chi connectivity index (χ3n) is 2.08. The van der Waals surface area contributed by atoms with Crippen molar-refractivity contribution < 1.29 is 0 Å². The van der Waals surface area contributed by atoms with Crippen LogP contribution in [0.15, 0.2) is 35.1 Å². The molecule has 2 aromatic heterocycles. The minimum atomic E-state index is 0.583. The van der Waals surface area contributed by atoms with Crippen molar-refractivity contribution in [3.63, 3.8) is 0 Å². The van der Waals surface area contributed by atoms with Crippen LogP contribution in [0.5, 0.6) is 0 Å². The summed E-state index contributed by atoms with van der Waals surface area (Å²) >= 11 is 3.43. The largest absolute Gasteiger partial charge is 0.330 e. The molecule has 0 unspecified atom stereocenters. The highest BCUT2D eigenvalue weighted by atomic mass is 79.9. The molecule has 0 atom stereocenters. The molecular weight excluding hydrogens is 268 g/mol. The van der Waals surface area contributed by atoms with Gasteiger partial charge in [-0.25, -0.2) is 9.97 Å². The Morgan fingerprint density at radius 3 is 2.81 bits per heavy atom. The number of nitrogens with zero attached hydrogens (tertiary/aromatic N) is 3. The van der Waals surface area contributed by atoms with Crippen LogP contribution in [0.2, 0.25) is 0 Å². The van der Waals surface area contributed by atoms with E-state index in [2.05, 4.69) is 30.9 Å². The van der Waals surface area contributed by atoms with E-state index in [4.69, 9.17) is 5.73 Å². The molecule has 2 N–H and O–H groups in total. The van der Waals surface area contributed by atoms with E-state index < -0.39 is 0 Å². The molecule has 2 aromatic rings. The van der Waals surface area contributed by atoms with Crippen LogP contribution in [0.4, 0.5) is 0 Å². The molecule has 0 bridgehead atoms. The molecule has 0 aromatic carbocycles. The fourth-order valence-electron chi connectivity index (χ4n) is 1.35. The van der Waals surface area contributed by atoms with Crippen molar-refractivity contribution in [1.29, 1.82) is 0 Å². The molecule has 0 aliphatic heterocycles. The number of aromatic nitrogens is 3. The van der Waals surface area contributed by atoms with Crippen LogP contribution >= 0.6 is 15.9 Å². The third kappa shape index (κ3) is 2.43. The van der Waals surface area contributed by atoms with E-state index in [0.717, 1.165) is 22.3 Å². The maximum absolute atomic E-state index is 5.49. The topological polar surface area (TPSA) is 64.7 Å². The molecule has 0 saturated carbocycles. The average Bonchev–Trinajstić information content (AvgIpc) is 2.30. The van der Waals surface area contributed by atoms with Crippen molar-refractivity contribution in [2.45, 2.75) is 6.42 Å². The summed E-state index contributed by atoms with van der Waals surface area (Å²) in [7, 11) is 0. The van der Waals surface area contributed by atoms with Crippen molar-refractivity contribution in [3.05, 3.63) is 40.8 Å². The Bertz CT molecular complexity index is 487. The summed E-state index contributed by atoms with van der Waals surface area (Å²) in [5.41, 5.74) is 7.18. The average molecular weight is 279 g/mol. The second kappa shape index (κ2) is 5.14. The Morgan fingerprint density at radius 2 is 2.06 bits per heavy atom. The van der Waals surface area contributed by atoms with Gasteiger partial charge in [0.1, 0.15) is 5.69 Å². The lowest BCUT2D eigenvalue weighted by molar-refractivity contribution is 0.910. The standard InChI is InChI=1S/C11H11BrN4/c12-9-2-1-6-14-10(9)11-15-7-4-8(16-11)3-5-13/h1-2,4,6-7H,3,5,13H2. The molecule has 4 nitrogen and oxygen atoms in total. The molecule has 0 fully saturated rings. The van der Waals surface area contributed by atoms with Gasteiger partial charge in [0.15, 0.2) is 5.82 Å². The number of pyridine rings is 1. The van der Waals surface area contributed by atoms with Crippen LogP contribution < -0.4 is 5.73 Å². The molecule has 0 saturated heterocycles. The molecule has 0 spiro atoms. The van der Waals surface area contributed by atoms with E-state index >= 15 is 0 Å². The van der Waals surface area contributed by atoms with Gasteiger partial charge >= 0.3 is 0 Å². The van der Waals surface area contributed by atoms with Crippen molar-refractivity contribution >= 4 is 15.9 Å². The van der Waals surface area contributed by atoms with Crippen LogP contribution in [-0.4, -0.2) is 21.5 Å². The van der Waals surface area contributed by atoms with Gasteiger partial charge in [0.05, 0.1) is 0 Å². The lowest BCUT2D eigenvalue weighted by atomic mass is 10.3. The van der Waals surface area contributed by atoms with E-state index in [-0.39, 0.29) is 0 Å². The minimum absolute atomic E-state index is 0.583. The zero-order chi connectivity index (χ0) is 11.4. The van der Waals surface area contributed by atoms with Crippen molar-refractivity contribution in [3.8, 4) is 11.5 Å². The van der Waals surface area contributed by atoms with Crippen molar-refractivity contribution in [1.82, 2.24) is 15.0 Å². The Morgan fingerprint density at radius 1 is 1.19 bits per heavy atom. The predicted molar refractivity (Wildman–Crippen MR) is 65.7 cm³/mol. The maximum atomic E-state index is 5.49. The lowest BCUT2D eigenvalue weighted by Gasteiger charge is -2.03. The van der Waals surface area contributed by atoms with E-state index in [1.165, 1.54) is 0 Å². The highest BCUT2D eigenvalue weighted by Gasteiger charge is 2.07. The van der Waals surface area contributed by atoms with Crippen LogP contribution in [-0.2, 0) is 6.42 Å². The van der Waals surface area contributed by atoms with Crippen LogP contribution in [0.1, 0.15) is 5.69 Å². The SMILES string of the molecule is NCCc1ccnc(-c2ncccc2Br)n1. The molecule has 0 aliphatic carbocycles. The van der Waals surface area contributed by atoms with Crippen LogP contribution in [0.3, 0.4) is 0 Å². The number of hydrogen-bond acceptors (Lipinski definition) is 4. The first-order valence-corrected chi connectivity index (χ1v) is 5.73. The van der Waals surface area contributed by atoms with Crippen LogP contribution in [0.25, 0.3) is 11.5 Å². The van der Waals surface area contributed by atoms with Crippen molar-refractivity contribution in [2.24, 2.45) is 5.73 Å². The molecule has 82 valence electrons. The highest BCUT2D eigenvalue weighted by molar-refractivity contribution is 9.10. The van der Waals surface area contributed by atoms with E-state index in [1.807, 2.05) is 18.2 Å². The first-order valence-electron chi connectivity index (χ1n) is 4.94.